The summed E-state index contributed by atoms with van der Waals surface area (Å²) in [6.07, 6.45) is 0. The number of rotatable bonds is 0. The summed E-state index contributed by atoms with van der Waals surface area (Å²) in [7, 11) is 0. The van der Waals surface area contributed by atoms with E-state index in [2.05, 4.69) is 89.9 Å². The van der Waals surface area contributed by atoms with E-state index in [1.54, 1.807) is 0 Å². The summed E-state index contributed by atoms with van der Waals surface area (Å²) < 4.78 is 6.23. The molecule has 0 atom stereocenters. The predicted molar refractivity (Wildman–Crippen MR) is 118 cm³/mol. The Morgan fingerprint density at radius 3 is 2.11 bits per heavy atom. The van der Waals surface area contributed by atoms with Crippen LogP contribution in [0.2, 0.25) is 0 Å². The van der Waals surface area contributed by atoms with Crippen molar-refractivity contribution in [3.8, 4) is 0 Å². The van der Waals surface area contributed by atoms with Crippen molar-refractivity contribution in [3.63, 3.8) is 0 Å². The summed E-state index contributed by atoms with van der Waals surface area (Å²) in [6.45, 7) is 0. The minimum atomic E-state index is 0.925. The van der Waals surface area contributed by atoms with Crippen molar-refractivity contribution in [2.45, 2.75) is 0 Å². The molecule has 28 heavy (non-hydrogen) atoms. The molecule has 1 N–H and O–H groups in total. The molecule has 0 aliphatic heterocycles. The number of H-pyrrole nitrogens is 1. The minimum absolute atomic E-state index is 0.925. The average Bonchev–Trinajstić information content (AvgIpc) is 3.29. The van der Waals surface area contributed by atoms with Crippen LogP contribution in [0, 0.1) is 0 Å². The molecule has 0 unspecified atom stereocenters. The van der Waals surface area contributed by atoms with Gasteiger partial charge >= 0.3 is 0 Å². The Balaban J connectivity index is 1.73. The average molecular weight is 357 g/mol. The van der Waals surface area contributed by atoms with E-state index < -0.39 is 0 Å². The predicted octanol–water partition coefficient (Wildman–Crippen LogP) is 7.53. The first-order valence-electron chi connectivity index (χ1n) is 9.54. The normalized spacial score (nSPS) is 12.3. The minimum Gasteiger partial charge on any atom is -0.456 e. The summed E-state index contributed by atoms with van der Waals surface area (Å²) >= 11 is 0. The van der Waals surface area contributed by atoms with Crippen LogP contribution in [0.3, 0.4) is 0 Å². The summed E-state index contributed by atoms with van der Waals surface area (Å²) in [5, 5.41) is 9.76. The number of aromatic amines is 1. The first-order chi connectivity index (χ1) is 13.9. The summed E-state index contributed by atoms with van der Waals surface area (Å²) in [5.74, 6) is 0. The molecule has 2 heterocycles. The van der Waals surface area contributed by atoms with Gasteiger partial charge in [-0.15, -0.1) is 0 Å². The third-order valence-corrected chi connectivity index (χ3v) is 5.97. The Morgan fingerprint density at radius 1 is 0.500 bits per heavy atom. The highest BCUT2D eigenvalue weighted by atomic mass is 16.3. The van der Waals surface area contributed by atoms with E-state index in [1.807, 2.05) is 0 Å². The summed E-state index contributed by atoms with van der Waals surface area (Å²) in [5.41, 5.74) is 4.20. The van der Waals surface area contributed by atoms with E-state index in [0.717, 1.165) is 22.1 Å². The zero-order chi connectivity index (χ0) is 18.2. The van der Waals surface area contributed by atoms with E-state index in [4.69, 9.17) is 4.42 Å². The number of hydrogen-bond acceptors (Lipinski definition) is 1. The maximum Gasteiger partial charge on any atom is 0.137 e. The molecule has 0 fully saturated rings. The SMILES string of the molecule is c1ccc2cc3c(cc2c1)oc1ccc2c4ccc5ccccc5c4[nH]c2c13. The molecule has 130 valence electrons. The van der Waals surface area contributed by atoms with Crippen molar-refractivity contribution in [3.05, 3.63) is 84.9 Å². The maximum absolute atomic E-state index is 6.23. The second-order valence-corrected chi connectivity index (χ2v) is 7.49. The molecular weight excluding hydrogens is 342 g/mol. The molecule has 2 nitrogen and oxygen atoms in total. The van der Waals surface area contributed by atoms with Crippen molar-refractivity contribution >= 4 is 65.3 Å². The first kappa shape index (κ1) is 14.3. The number of benzene rings is 5. The van der Waals surface area contributed by atoms with Crippen LogP contribution in [0.1, 0.15) is 0 Å². The number of furan rings is 1. The van der Waals surface area contributed by atoms with Gasteiger partial charge in [0, 0.05) is 21.5 Å². The van der Waals surface area contributed by atoms with Gasteiger partial charge in [0.1, 0.15) is 11.2 Å². The number of nitrogens with one attached hydrogen (secondary N) is 1. The van der Waals surface area contributed by atoms with Gasteiger partial charge in [-0.05, 0) is 40.4 Å². The Hall–Kier alpha value is -3.78. The smallest absolute Gasteiger partial charge is 0.137 e. The van der Waals surface area contributed by atoms with E-state index in [9.17, 15) is 0 Å². The van der Waals surface area contributed by atoms with Gasteiger partial charge in [0.25, 0.3) is 0 Å². The molecule has 7 rings (SSSR count). The van der Waals surface area contributed by atoms with Gasteiger partial charge in [-0.3, -0.25) is 0 Å². The number of fused-ring (bicyclic) bond motifs is 10. The van der Waals surface area contributed by atoms with Gasteiger partial charge in [-0.1, -0.05) is 60.7 Å². The lowest BCUT2D eigenvalue weighted by atomic mass is 10.0. The molecule has 0 amide bonds. The summed E-state index contributed by atoms with van der Waals surface area (Å²) in [4.78, 5) is 3.73. The zero-order valence-corrected chi connectivity index (χ0v) is 15.0. The fraction of sp³-hybridized carbons (Fsp3) is 0. The Kier molecular flexibility index (Phi) is 2.52. The molecule has 2 aromatic heterocycles. The lowest BCUT2D eigenvalue weighted by Gasteiger charge is -1.98. The standard InChI is InChI=1S/C26H15NO/c1-2-7-17-14-23-21(13-16(17)6-1)24-22(28-23)12-11-20-19-10-9-15-5-3-4-8-18(15)25(19)27-26(20)24/h1-14,27H. The zero-order valence-electron chi connectivity index (χ0n) is 15.0. The maximum atomic E-state index is 6.23. The van der Waals surface area contributed by atoms with Crippen LogP contribution < -0.4 is 0 Å². The Labute approximate surface area is 160 Å². The van der Waals surface area contributed by atoms with Crippen LogP contribution in [0.25, 0.3) is 65.3 Å². The highest BCUT2D eigenvalue weighted by molar-refractivity contribution is 6.27. The van der Waals surface area contributed by atoms with Gasteiger partial charge in [0.15, 0.2) is 0 Å². The van der Waals surface area contributed by atoms with Crippen LogP contribution in [0.4, 0.5) is 0 Å². The second kappa shape index (κ2) is 4.93. The largest absolute Gasteiger partial charge is 0.456 e. The molecular formula is C26H15NO. The fourth-order valence-corrected chi connectivity index (χ4v) is 4.66. The number of hydrogen-bond donors (Lipinski definition) is 1. The molecule has 0 radical (unpaired) electrons. The van der Waals surface area contributed by atoms with Crippen LogP contribution in [0.15, 0.2) is 89.3 Å². The molecule has 2 heteroatoms. The van der Waals surface area contributed by atoms with E-state index in [1.165, 1.54) is 43.2 Å². The molecule has 5 aromatic carbocycles. The summed E-state index contributed by atoms with van der Waals surface area (Å²) in [6, 6.07) is 30.1. The molecule has 0 bridgehead atoms. The molecule has 0 spiro atoms. The topological polar surface area (TPSA) is 28.9 Å². The van der Waals surface area contributed by atoms with Crippen LogP contribution in [-0.2, 0) is 0 Å². The molecule has 0 saturated carbocycles. The van der Waals surface area contributed by atoms with Gasteiger partial charge in [-0.25, -0.2) is 0 Å². The van der Waals surface area contributed by atoms with Gasteiger partial charge in [0.2, 0.25) is 0 Å². The van der Waals surface area contributed by atoms with E-state index in [0.29, 0.717) is 0 Å². The highest BCUT2D eigenvalue weighted by Gasteiger charge is 2.15. The second-order valence-electron chi connectivity index (χ2n) is 7.49. The molecule has 0 saturated heterocycles. The third-order valence-electron chi connectivity index (χ3n) is 5.97. The van der Waals surface area contributed by atoms with Crippen molar-refractivity contribution in [1.29, 1.82) is 0 Å². The molecule has 0 aliphatic rings. The van der Waals surface area contributed by atoms with E-state index in [-0.39, 0.29) is 0 Å². The van der Waals surface area contributed by atoms with Gasteiger partial charge < -0.3 is 9.40 Å². The van der Waals surface area contributed by atoms with E-state index >= 15 is 0 Å². The lowest BCUT2D eigenvalue weighted by molar-refractivity contribution is 0.670. The van der Waals surface area contributed by atoms with Gasteiger partial charge in [0.05, 0.1) is 16.4 Å². The van der Waals surface area contributed by atoms with Gasteiger partial charge in [-0.2, -0.15) is 0 Å². The Morgan fingerprint density at radius 2 is 1.21 bits per heavy atom. The quantitative estimate of drug-likeness (QED) is 0.299. The third kappa shape index (κ3) is 1.72. The molecule has 7 aromatic rings. The van der Waals surface area contributed by atoms with Crippen molar-refractivity contribution in [2.24, 2.45) is 0 Å². The van der Waals surface area contributed by atoms with Crippen LogP contribution in [-0.4, -0.2) is 4.98 Å². The monoisotopic (exact) mass is 357 g/mol. The first-order valence-corrected chi connectivity index (χ1v) is 9.54. The van der Waals surface area contributed by atoms with Crippen molar-refractivity contribution < 1.29 is 4.42 Å². The molecule has 0 aliphatic carbocycles. The number of aromatic nitrogens is 1. The fourth-order valence-electron chi connectivity index (χ4n) is 4.66. The van der Waals surface area contributed by atoms with Crippen LogP contribution in [0.5, 0.6) is 0 Å². The van der Waals surface area contributed by atoms with Crippen molar-refractivity contribution in [2.75, 3.05) is 0 Å². The Bertz CT molecular complexity index is 1720. The van der Waals surface area contributed by atoms with Crippen LogP contribution >= 0.6 is 0 Å². The lowest BCUT2D eigenvalue weighted by Crippen LogP contribution is -1.74. The highest BCUT2D eigenvalue weighted by Crippen LogP contribution is 2.40. The van der Waals surface area contributed by atoms with Crippen molar-refractivity contribution in [1.82, 2.24) is 4.98 Å².